The molecule has 0 aliphatic carbocycles. The predicted octanol–water partition coefficient (Wildman–Crippen LogP) is 5.36. The van der Waals surface area contributed by atoms with E-state index < -0.39 is 0 Å². The van der Waals surface area contributed by atoms with Crippen molar-refractivity contribution >= 4 is 17.0 Å². The topological polar surface area (TPSA) is 24.9 Å². The van der Waals surface area contributed by atoms with Crippen LogP contribution in [0.3, 0.4) is 0 Å². The molecule has 0 saturated heterocycles. The molecule has 2 rings (SSSR count). The van der Waals surface area contributed by atoms with Crippen molar-refractivity contribution in [3.8, 4) is 11.3 Å². The Bertz CT molecular complexity index is 528. The molecule has 0 fully saturated rings. The maximum atomic E-state index is 4.52. The van der Waals surface area contributed by atoms with Gasteiger partial charge in [-0.05, 0) is 44.7 Å². The SMILES string of the molecule is Cc1nc(-c2ccc(NC(C)CCC(C)C)cc2)cs1. The van der Waals surface area contributed by atoms with E-state index in [2.05, 4.69) is 60.7 Å². The van der Waals surface area contributed by atoms with E-state index in [1.165, 1.54) is 24.1 Å². The summed E-state index contributed by atoms with van der Waals surface area (Å²) in [5.74, 6) is 0.773. The molecule has 1 aromatic carbocycles. The molecule has 108 valence electrons. The lowest BCUT2D eigenvalue weighted by molar-refractivity contribution is 0.528. The van der Waals surface area contributed by atoms with Crippen LogP contribution in [-0.4, -0.2) is 11.0 Å². The lowest BCUT2D eigenvalue weighted by Gasteiger charge is -2.16. The van der Waals surface area contributed by atoms with Crippen molar-refractivity contribution in [3.05, 3.63) is 34.7 Å². The second kappa shape index (κ2) is 6.89. The van der Waals surface area contributed by atoms with E-state index in [1.54, 1.807) is 11.3 Å². The second-order valence-electron chi connectivity index (χ2n) is 5.85. The largest absolute Gasteiger partial charge is 0.383 e. The first-order valence-electron chi connectivity index (χ1n) is 7.33. The molecule has 0 aliphatic rings. The zero-order valence-corrected chi connectivity index (χ0v) is 13.6. The van der Waals surface area contributed by atoms with E-state index in [0.29, 0.717) is 6.04 Å². The summed E-state index contributed by atoms with van der Waals surface area (Å²) in [4.78, 5) is 4.52. The third-order valence-electron chi connectivity index (χ3n) is 3.39. The molecular formula is C17H24N2S. The van der Waals surface area contributed by atoms with Crippen LogP contribution in [0.5, 0.6) is 0 Å². The number of hydrogen-bond donors (Lipinski definition) is 1. The van der Waals surface area contributed by atoms with Gasteiger partial charge in [-0.25, -0.2) is 4.98 Å². The Morgan fingerprint density at radius 3 is 2.35 bits per heavy atom. The summed E-state index contributed by atoms with van der Waals surface area (Å²) < 4.78 is 0. The Morgan fingerprint density at radius 1 is 1.10 bits per heavy atom. The second-order valence-corrected chi connectivity index (χ2v) is 6.91. The molecule has 20 heavy (non-hydrogen) atoms. The fourth-order valence-electron chi connectivity index (χ4n) is 2.17. The number of aromatic nitrogens is 1. The molecule has 1 aromatic heterocycles. The van der Waals surface area contributed by atoms with Gasteiger partial charge < -0.3 is 5.32 Å². The quantitative estimate of drug-likeness (QED) is 0.774. The number of hydrogen-bond acceptors (Lipinski definition) is 3. The molecule has 0 bridgehead atoms. The number of thiazole rings is 1. The molecule has 1 unspecified atom stereocenters. The van der Waals surface area contributed by atoms with Crippen molar-refractivity contribution in [2.45, 2.75) is 46.6 Å². The van der Waals surface area contributed by atoms with E-state index in [1.807, 2.05) is 6.92 Å². The third-order valence-corrected chi connectivity index (χ3v) is 4.16. The Labute approximate surface area is 126 Å². The maximum Gasteiger partial charge on any atom is 0.0901 e. The normalized spacial score (nSPS) is 12.7. The fraction of sp³-hybridized carbons (Fsp3) is 0.471. The van der Waals surface area contributed by atoms with Gasteiger partial charge in [0.2, 0.25) is 0 Å². The smallest absolute Gasteiger partial charge is 0.0901 e. The fourth-order valence-corrected chi connectivity index (χ4v) is 2.80. The number of nitrogens with one attached hydrogen (secondary N) is 1. The van der Waals surface area contributed by atoms with E-state index in [4.69, 9.17) is 0 Å². The van der Waals surface area contributed by atoms with Crippen LogP contribution in [0.25, 0.3) is 11.3 Å². The first-order valence-corrected chi connectivity index (χ1v) is 8.21. The van der Waals surface area contributed by atoms with Gasteiger partial charge in [-0.3, -0.25) is 0 Å². The molecule has 0 radical (unpaired) electrons. The van der Waals surface area contributed by atoms with Crippen molar-refractivity contribution in [3.63, 3.8) is 0 Å². The van der Waals surface area contributed by atoms with Crippen molar-refractivity contribution in [1.82, 2.24) is 4.98 Å². The zero-order valence-electron chi connectivity index (χ0n) is 12.8. The number of aryl methyl sites for hydroxylation is 1. The molecule has 2 nitrogen and oxygen atoms in total. The molecule has 2 aromatic rings. The van der Waals surface area contributed by atoms with Gasteiger partial charge in [0, 0.05) is 22.7 Å². The molecule has 1 heterocycles. The van der Waals surface area contributed by atoms with Crippen LogP contribution in [-0.2, 0) is 0 Å². The van der Waals surface area contributed by atoms with Crippen LogP contribution in [0.15, 0.2) is 29.6 Å². The first kappa shape index (κ1) is 15.0. The number of benzene rings is 1. The van der Waals surface area contributed by atoms with E-state index >= 15 is 0 Å². The van der Waals surface area contributed by atoms with Crippen molar-refractivity contribution < 1.29 is 0 Å². The molecule has 0 amide bonds. The molecule has 1 atom stereocenters. The monoisotopic (exact) mass is 288 g/mol. The molecule has 1 N–H and O–H groups in total. The molecule has 0 saturated carbocycles. The van der Waals surface area contributed by atoms with Crippen LogP contribution in [0.2, 0.25) is 0 Å². The highest BCUT2D eigenvalue weighted by Crippen LogP contribution is 2.23. The van der Waals surface area contributed by atoms with E-state index in [9.17, 15) is 0 Å². The highest BCUT2D eigenvalue weighted by atomic mass is 32.1. The summed E-state index contributed by atoms with van der Waals surface area (Å²) in [6, 6.07) is 9.11. The van der Waals surface area contributed by atoms with Gasteiger partial charge in [-0.15, -0.1) is 11.3 Å². The van der Waals surface area contributed by atoms with Crippen molar-refractivity contribution in [1.29, 1.82) is 0 Å². The minimum absolute atomic E-state index is 0.518. The van der Waals surface area contributed by atoms with Gasteiger partial charge >= 0.3 is 0 Å². The number of nitrogens with zero attached hydrogens (tertiary/aromatic N) is 1. The standard InChI is InChI=1S/C17H24N2S/c1-12(2)5-6-13(3)18-16-9-7-15(8-10-16)17-11-20-14(4)19-17/h7-13,18H,5-6H2,1-4H3. The summed E-state index contributed by atoms with van der Waals surface area (Å²) in [6.45, 7) is 8.84. The Balaban J connectivity index is 1.94. The number of anilines is 1. The summed E-state index contributed by atoms with van der Waals surface area (Å²) in [5.41, 5.74) is 3.46. The van der Waals surface area contributed by atoms with Gasteiger partial charge in [0.25, 0.3) is 0 Å². The third kappa shape index (κ3) is 4.34. The van der Waals surface area contributed by atoms with E-state index in [-0.39, 0.29) is 0 Å². The Morgan fingerprint density at radius 2 is 1.80 bits per heavy atom. The van der Waals surface area contributed by atoms with Crippen LogP contribution < -0.4 is 5.32 Å². The lowest BCUT2D eigenvalue weighted by atomic mass is 10.0. The van der Waals surface area contributed by atoms with Gasteiger partial charge in [0.15, 0.2) is 0 Å². The summed E-state index contributed by atoms with van der Waals surface area (Å²) in [7, 11) is 0. The molecule has 0 spiro atoms. The van der Waals surface area contributed by atoms with E-state index in [0.717, 1.165) is 16.6 Å². The molecule has 0 aliphatic heterocycles. The Kier molecular flexibility index (Phi) is 5.18. The van der Waals surface area contributed by atoms with Crippen molar-refractivity contribution in [2.75, 3.05) is 5.32 Å². The van der Waals surface area contributed by atoms with Gasteiger partial charge in [-0.1, -0.05) is 26.0 Å². The highest BCUT2D eigenvalue weighted by Gasteiger charge is 2.05. The predicted molar refractivity (Wildman–Crippen MR) is 89.4 cm³/mol. The lowest BCUT2D eigenvalue weighted by Crippen LogP contribution is -2.15. The minimum atomic E-state index is 0.518. The van der Waals surface area contributed by atoms with Gasteiger partial charge in [-0.2, -0.15) is 0 Å². The molecule has 3 heteroatoms. The summed E-state index contributed by atoms with van der Waals surface area (Å²) in [5, 5.41) is 6.79. The Hall–Kier alpha value is -1.35. The average Bonchev–Trinajstić information content (AvgIpc) is 2.84. The number of rotatable bonds is 6. The summed E-state index contributed by atoms with van der Waals surface area (Å²) in [6.07, 6.45) is 2.48. The van der Waals surface area contributed by atoms with Crippen LogP contribution in [0, 0.1) is 12.8 Å². The first-order chi connectivity index (χ1) is 9.54. The van der Waals surface area contributed by atoms with Crippen LogP contribution in [0.1, 0.15) is 38.6 Å². The average molecular weight is 288 g/mol. The van der Waals surface area contributed by atoms with Crippen LogP contribution in [0.4, 0.5) is 5.69 Å². The maximum absolute atomic E-state index is 4.52. The highest BCUT2D eigenvalue weighted by molar-refractivity contribution is 7.09. The van der Waals surface area contributed by atoms with Gasteiger partial charge in [0.1, 0.15) is 0 Å². The zero-order chi connectivity index (χ0) is 14.5. The molecular weight excluding hydrogens is 264 g/mol. The van der Waals surface area contributed by atoms with Crippen molar-refractivity contribution in [2.24, 2.45) is 5.92 Å². The van der Waals surface area contributed by atoms with Crippen LogP contribution >= 0.6 is 11.3 Å². The van der Waals surface area contributed by atoms with Gasteiger partial charge in [0.05, 0.1) is 10.7 Å². The summed E-state index contributed by atoms with van der Waals surface area (Å²) >= 11 is 1.70. The minimum Gasteiger partial charge on any atom is -0.383 e.